The molecule has 1 aromatic carbocycles. The van der Waals surface area contributed by atoms with E-state index >= 15 is 0 Å². The topological polar surface area (TPSA) is 46.5 Å². The summed E-state index contributed by atoms with van der Waals surface area (Å²) in [7, 11) is 1.32. The highest BCUT2D eigenvalue weighted by Gasteiger charge is 2.25. The number of halogens is 4. The maximum absolute atomic E-state index is 12.0. The van der Waals surface area contributed by atoms with Crippen molar-refractivity contribution in [1.82, 2.24) is 0 Å². The molecule has 0 unspecified atom stereocenters. The minimum Gasteiger partial charge on any atom is -0.507 e. The normalized spacial score (nSPS) is 11.6. The lowest BCUT2D eigenvalue weighted by Crippen LogP contribution is -2.06. The van der Waals surface area contributed by atoms with Gasteiger partial charge in [0.1, 0.15) is 5.75 Å². The molecule has 25 heavy (non-hydrogen) atoms. The van der Waals surface area contributed by atoms with E-state index in [1.54, 1.807) is 12.1 Å². The van der Waals surface area contributed by atoms with Crippen LogP contribution < -0.4 is 0 Å². The van der Waals surface area contributed by atoms with Crippen molar-refractivity contribution in [2.45, 2.75) is 64.0 Å². The number of aromatic hydroxyl groups is 1. The van der Waals surface area contributed by atoms with Gasteiger partial charge in [-0.3, -0.25) is 0 Å². The first kappa shape index (κ1) is 22.1. The molecule has 1 N–H and O–H groups in total. The van der Waals surface area contributed by atoms with Gasteiger partial charge in [0.25, 0.3) is 0 Å². The van der Waals surface area contributed by atoms with E-state index < -0.39 is 18.6 Å². The molecule has 0 saturated carbocycles. The third-order valence-corrected chi connectivity index (χ3v) is 4.79. The van der Waals surface area contributed by atoms with Crippen LogP contribution in [0.2, 0.25) is 0 Å². The van der Waals surface area contributed by atoms with E-state index in [0.717, 1.165) is 37.7 Å². The number of rotatable bonds is 10. The van der Waals surface area contributed by atoms with E-state index in [1.165, 1.54) is 7.11 Å². The molecule has 0 radical (unpaired) electrons. The van der Waals surface area contributed by atoms with Crippen LogP contribution in [0.3, 0.4) is 0 Å². The highest BCUT2D eigenvalue weighted by molar-refractivity contribution is 14.1. The summed E-state index contributed by atoms with van der Waals surface area (Å²) in [4.78, 5) is 11.6. The second-order valence-corrected chi connectivity index (χ2v) is 7.21. The molecule has 0 bridgehead atoms. The number of aryl methyl sites for hydroxylation is 1. The summed E-state index contributed by atoms with van der Waals surface area (Å²) in [6.07, 6.45) is 1.23. The maximum atomic E-state index is 12.0. The quantitative estimate of drug-likeness (QED) is 0.258. The number of phenols is 1. The van der Waals surface area contributed by atoms with Gasteiger partial charge in [-0.05, 0) is 59.5 Å². The smallest absolute Gasteiger partial charge is 0.389 e. The zero-order chi connectivity index (χ0) is 18.9. The molecule has 0 aliphatic carbocycles. The molecule has 0 heterocycles. The molecular formula is C18H24F3IO3. The number of hydrogen-bond acceptors (Lipinski definition) is 3. The van der Waals surface area contributed by atoms with Crippen molar-refractivity contribution in [1.29, 1.82) is 0 Å². The molecule has 0 saturated heterocycles. The number of benzene rings is 1. The van der Waals surface area contributed by atoms with Crippen LogP contribution in [0.5, 0.6) is 5.75 Å². The summed E-state index contributed by atoms with van der Waals surface area (Å²) in [6, 6.07) is 3.24. The van der Waals surface area contributed by atoms with Crippen LogP contribution in [0, 0.1) is 3.57 Å². The fourth-order valence-electron chi connectivity index (χ4n) is 2.61. The molecule has 1 aromatic rings. The van der Waals surface area contributed by atoms with Crippen LogP contribution in [0.25, 0.3) is 0 Å². The van der Waals surface area contributed by atoms with Crippen molar-refractivity contribution in [3.63, 3.8) is 0 Å². The largest absolute Gasteiger partial charge is 0.507 e. The summed E-state index contributed by atoms with van der Waals surface area (Å²) < 4.78 is 41.3. The first-order valence-corrected chi connectivity index (χ1v) is 9.49. The van der Waals surface area contributed by atoms with Crippen LogP contribution in [-0.2, 0) is 11.2 Å². The molecule has 0 atom stereocenters. The number of alkyl halides is 3. The predicted molar refractivity (Wildman–Crippen MR) is 98.9 cm³/mol. The lowest BCUT2D eigenvalue weighted by molar-refractivity contribution is -0.135. The average molecular weight is 472 g/mol. The number of hydrogen-bond donors (Lipinski definition) is 1. The molecular weight excluding hydrogens is 448 g/mol. The molecule has 0 amide bonds. The first-order valence-electron chi connectivity index (χ1n) is 8.41. The summed E-state index contributed by atoms with van der Waals surface area (Å²) in [5.74, 6) is -0.238. The van der Waals surface area contributed by atoms with Gasteiger partial charge in [0.15, 0.2) is 0 Å². The standard InChI is InChI=1S/C18H24F3IO3/c1-25-17(24)14-11-13(16(23)15(22)12-14)9-7-5-3-2-4-6-8-10-18(19,20)21/h11-12,23H,2-10H2,1H3. The third kappa shape index (κ3) is 8.78. The van der Waals surface area contributed by atoms with Gasteiger partial charge in [0, 0.05) is 6.42 Å². The monoisotopic (exact) mass is 472 g/mol. The summed E-state index contributed by atoms with van der Waals surface area (Å²) in [5.41, 5.74) is 1.14. The Morgan fingerprint density at radius 3 is 2.20 bits per heavy atom. The van der Waals surface area contributed by atoms with Crippen LogP contribution >= 0.6 is 22.6 Å². The van der Waals surface area contributed by atoms with Crippen molar-refractivity contribution in [3.8, 4) is 5.75 Å². The van der Waals surface area contributed by atoms with E-state index in [-0.39, 0.29) is 12.2 Å². The molecule has 7 heteroatoms. The van der Waals surface area contributed by atoms with Gasteiger partial charge in [-0.2, -0.15) is 13.2 Å². The zero-order valence-electron chi connectivity index (χ0n) is 14.3. The maximum Gasteiger partial charge on any atom is 0.389 e. The van der Waals surface area contributed by atoms with E-state index in [0.29, 0.717) is 22.0 Å². The van der Waals surface area contributed by atoms with Gasteiger partial charge in [0.05, 0.1) is 16.2 Å². The van der Waals surface area contributed by atoms with E-state index in [9.17, 15) is 23.1 Å². The first-order chi connectivity index (χ1) is 11.7. The second-order valence-electron chi connectivity index (χ2n) is 6.05. The third-order valence-electron chi connectivity index (χ3n) is 3.97. The van der Waals surface area contributed by atoms with Crippen LogP contribution in [0.4, 0.5) is 13.2 Å². The molecule has 0 fully saturated rings. The van der Waals surface area contributed by atoms with Crippen molar-refractivity contribution < 1.29 is 27.8 Å². The van der Waals surface area contributed by atoms with Gasteiger partial charge in [-0.1, -0.05) is 32.1 Å². The molecule has 3 nitrogen and oxygen atoms in total. The summed E-state index contributed by atoms with van der Waals surface area (Å²) in [6.45, 7) is 0. The van der Waals surface area contributed by atoms with Crippen LogP contribution in [-0.4, -0.2) is 24.4 Å². The Morgan fingerprint density at radius 1 is 1.08 bits per heavy atom. The Bertz CT molecular complexity index is 559. The second kappa shape index (κ2) is 10.9. The number of ether oxygens (including phenoxy) is 1. The van der Waals surface area contributed by atoms with Gasteiger partial charge < -0.3 is 9.84 Å². The molecule has 0 aliphatic heterocycles. The average Bonchev–Trinajstić information content (AvgIpc) is 2.54. The molecule has 0 aromatic heterocycles. The minimum atomic E-state index is -4.04. The fourth-order valence-corrected chi connectivity index (χ4v) is 3.29. The minimum absolute atomic E-state index is 0.195. The Labute approximate surface area is 160 Å². The van der Waals surface area contributed by atoms with Gasteiger partial charge >= 0.3 is 12.1 Å². The number of esters is 1. The van der Waals surface area contributed by atoms with E-state index in [2.05, 4.69) is 0 Å². The lowest BCUT2D eigenvalue weighted by atomic mass is 10.0. The number of phenolic OH excluding ortho intramolecular Hbond substituents is 1. The number of carbonyl (C=O) groups is 1. The van der Waals surface area contributed by atoms with Crippen LogP contribution in [0.1, 0.15) is 67.3 Å². The van der Waals surface area contributed by atoms with Gasteiger partial charge in [-0.25, -0.2) is 4.79 Å². The molecule has 0 aliphatic rings. The van der Waals surface area contributed by atoms with E-state index in [4.69, 9.17) is 4.74 Å². The summed E-state index contributed by atoms with van der Waals surface area (Å²) >= 11 is 1.98. The number of methoxy groups -OCH3 is 1. The molecule has 142 valence electrons. The highest BCUT2D eigenvalue weighted by Crippen LogP contribution is 2.28. The van der Waals surface area contributed by atoms with Crippen LogP contribution in [0.15, 0.2) is 12.1 Å². The van der Waals surface area contributed by atoms with Gasteiger partial charge in [0.2, 0.25) is 0 Å². The molecule has 1 rings (SSSR count). The van der Waals surface area contributed by atoms with Crippen molar-refractivity contribution in [2.75, 3.05) is 7.11 Å². The van der Waals surface area contributed by atoms with Crippen molar-refractivity contribution >= 4 is 28.6 Å². The van der Waals surface area contributed by atoms with E-state index in [1.807, 2.05) is 22.6 Å². The summed E-state index contributed by atoms with van der Waals surface area (Å²) in [5, 5.41) is 10.1. The Morgan fingerprint density at radius 2 is 1.64 bits per heavy atom. The Hall–Kier alpha value is -0.990. The lowest BCUT2D eigenvalue weighted by Gasteiger charge is -2.09. The number of carbonyl (C=O) groups excluding carboxylic acids is 1. The Balaban J connectivity index is 2.28. The predicted octanol–water partition coefficient (Wildman–Crippen LogP) is 6.01. The molecule has 0 spiro atoms. The zero-order valence-corrected chi connectivity index (χ0v) is 16.5. The van der Waals surface area contributed by atoms with Crippen molar-refractivity contribution in [2.24, 2.45) is 0 Å². The Kier molecular flexibility index (Phi) is 9.60. The fraction of sp³-hybridized carbons (Fsp3) is 0.611. The highest BCUT2D eigenvalue weighted by atomic mass is 127. The van der Waals surface area contributed by atoms with Gasteiger partial charge in [-0.15, -0.1) is 0 Å². The van der Waals surface area contributed by atoms with Crippen molar-refractivity contribution in [3.05, 3.63) is 26.8 Å². The SMILES string of the molecule is COC(=O)c1cc(I)c(O)c(CCCCCCCCCC(F)(F)F)c1. The number of unbranched alkanes of at least 4 members (excludes halogenated alkanes) is 6.